The zero-order valence-electron chi connectivity index (χ0n) is 10.8. The number of hydrogen-bond acceptors (Lipinski definition) is 5. The summed E-state index contributed by atoms with van der Waals surface area (Å²) in [6.07, 6.45) is 3.77. The van der Waals surface area contributed by atoms with E-state index in [9.17, 15) is 9.59 Å². The maximum atomic E-state index is 12.4. The van der Waals surface area contributed by atoms with Crippen LogP contribution in [0.4, 0.5) is 5.69 Å². The summed E-state index contributed by atoms with van der Waals surface area (Å²) in [6.45, 7) is 1.31. The van der Waals surface area contributed by atoms with Crippen molar-refractivity contribution < 1.29 is 9.59 Å². The zero-order chi connectivity index (χ0) is 13.8. The van der Waals surface area contributed by atoms with Gasteiger partial charge in [-0.2, -0.15) is 0 Å². The Morgan fingerprint density at radius 3 is 3.00 bits per heavy atom. The highest BCUT2D eigenvalue weighted by Gasteiger charge is 2.25. The van der Waals surface area contributed by atoms with Gasteiger partial charge in [-0.1, -0.05) is 0 Å². The maximum absolute atomic E-state index is 12.4. The molecule has 0 bridgehead atoms. The molecule has 0 aromatic carbocycles. The number of amides is 2. The lowest BCUT2D eigenvalue weighted by atomic mass is 10.2. The first kappa shape index (κ1) is 13.3. The Balaban J connectivity index is 2.21. The van der Waals surface area contributed by atoms with Gasteiger partial charge >= 0.3 is 0 Å². The standard InChI is InChI=1S/C12H17N5O2/c1-16-5-2-6-17(8-11(16)18)12(19)9-7-14-4-3-10(9)15-13/h3-4,7H,2,5-6,8,13H2,1H3,(H,14,15). The van der Waals surface area contributed by atoms with Gasteiger partial charge < -0.3 is 15.2 Å². The van der Waals surface area contributed by atoms with Crippen LogP contribution in [0.5, 0.6) is 0 Å². The Labute approximate surface area is 111 Å². The fourth-order valence-electron chi connectivity index (χ4n) is 2.02. The van der Waals surface area contributed by atoms with Crippen LogP contribution >= 0.6 is 0 Å². The van der Waals surface area contributed by atoms with Crippen molar-refractivity contribution in [1.82, 2.24) is 14.8 Å². The number of nitrogens with two attached hydrogens (primary N) is 1. The topological polar surface area (TPSA) is 91.6 Å². The average Bonchev–Trinajstić information content (AvgIpc) is 2.60. The van der Waals surface area contributed by atoms with Crippen molar-refractivity contribution in [2.75, 3.05) is 32.1 Å². The molecule has 0 atom stereocenters. The van der Waals surface area contributed by atoms with Gasteiger partial charge in [-0.3, -0.25) is 20.4 Å². The molecule has 1 aliphatic heterocycles. The first-order valence-corrected chi connectivity index (χ1v) is 6.07. The van der Waals surface area contributed by atoms with Crippen LogP contribution in [0.25, 0.3) is 0 Å². The summed E-state index contributed by atoms with van der Waals surface area (Å²) < 4.78 is 0. The minimum Gasteiger partial charge on any atom is -0.344 e. The SMILES string of the molecule is CN1CCCN(C(=O)c2cnccc2NN)CC1=O. The minimum atomic E-state index is -0.232. The second-order valence-electron chi connectivity index (χ2n) is 4.46. The van der Waals surface area contributed by atoms with Crippen LogP contribution in [0.1, 0.15) is 16.8 Å². The van der Waals surface area contributed by atoms with E-state index in [1.54, 1.807) is 24.2 Å². The third-order valence-electron chi connectivity index (χ3n) is 3.17. The van der Waals surface area contributed by atoms with Gasteiger partial charge in [-0.25, -0.2) is 0 Å². The number of likely N-dealkylation sites (N-methyl/N-ethyl adjacent to an activating group) is 1. The number of carbonyl (C=O) groups is 2. The van der Waals surface area contributed by atoms with Gasteiger partial charge in [0.05, 0.1) is 11.3 Å². The van der Waals surface area contributed by atoms with E-state index in [-0.39, 0.29) is 18.4 Å². The molecule has 2 amide bonds. The number of hydrazine groups is 1. The second kappa shape index (κ2) is 5.66. The van der Waals surface area contributed by atoms with E-state index in [4.69, 9.17) is 5.84 Å². The summed E-state index contributed by atoms with van der Waals surface area (Å²) in [4.78, 5) is 31.3. The molecule has 1 aliphatic rings. The Kier molecular flexibility index (Phi) is 3.96. The second-order valence-corrected chi connectivity index (χ2v) is 4.46. The highest BCUT2D eigenvalue weighted by Crippen LogP contribution is 2.16. The first-order valence-electron chi connectivity index (χ1n) is 6.07. The maximum Gasteiger partial charge on any atom is 0.258 e. The van der Waals surface area contributed by atoms with Crippen molar-refractivity contribution in [3.63, 3.8) is 0 Å². The summed E-state index contributed by atoms with van der Waals surface area (Å²) >= 11 is 0. The quantitative estimate of drug-likeness (QED) is 0.563. The number of nitrogen functional groups attached to an aromatic ring is 1. The lowest BCUT2D eigenvalue weighted by Gasteiger charge is -2.20. The van der Waals surface area contributed by atoms with Crippen LogP contribution in [0, 0.1) is 0 Å². The third kappa shape index (κ3) is 2.82. The molecule has 2 rings (SSSR count). The number of nitrogens with one attached hydrogen (secondary N) is 1. The predicted molar refractivity (Wildman–Crippen MR) is 70.2 cm³/mol. The lowest BCUT2D eigenvalue weighted by Crippen LogP contribution is -2.38. The van der Waals surface area contributed by atoms with Gasteiger partial charge in [-0.05, 0) is 12.5 Å². The van der Waals surface area contributed by atoms with Crippen molar-refractivity contribution in [2.45, 2.75) is 6.42 Å². The van der Waals surface area contributed by atoms with E-state index in [2.05, 4.69) is 10.4 Å². The van der Waals surface area contributed by atoms with Crippen molar-refractivity contribution in [2.24, 2.45) is 5.84 Å². The summed E-state index contributed by atoms with van der Waals surface area (Å²) in [5.41, 5.74) is 3.35. The molecule has 1 aromatic heterocycles. The predicted octanol–water partition coefficient (Wildman–Crippen LogP) is -0.328. The van der Waals surface area contributed by atoms with Crippen molar-refractivity contribution in [1.29, 1.82) is 0 Å². The van der Waals surface area contributed by atoms with Gasteiger partial charge in [0.2, 0.25) is 5.91 Å². The molecule has 19 heavy (non-hydrogen) atoms. The first-order chi connectivity index (χ1) is 9.13. The molecule has 0 radical (unpaired) electrons. The van der Waals surface area contributed by atoms with Crippen LogP contribution in [-0.2, 0) is 4.79 Å². The highest BCUT2D eigenvalue weighted by molar-refractivity contribution is 6.00. The zero-order valence-corrected chi connectivity index (χ0v) is 10.8. The fraction of sp³-hybridized carbons (Fsp3) is 0.417. The van der Waals surface area contributed by atoms with E-state index >= 15 is 0 Å². The monoisotopic (exact) mass is 263 g/mol. The van der Waals surface area contributed by atoms with E-state index < -0.39 is 0 Å². The number of hydrogen-bond donors (Lipinski definition) is 2. The molecule has 0 saturated carbocycles. The number of aromatic nitrogens is 1. The summed E-state index contributed by atoms with van der Waals surface area (Å²) in [5.74, 6) is 5.08. The van der Waals surface area contributed by atoms with Crippen LogP contribution in [0.3, 0.4) is 0 Å². The molecule has 1 aromatic rings. The molecule has 1 fully saturated rings. The van der Waals surface area contributed by atoms with E-state index in [0.29, 0.717) is 24.3 Å². The van der Waals surface area contributed by atoms with Crippen molar-refractivity contribution >= 4 is 17.5 Å². The molecule has 0 unspecified atom stereocenters. The molecule has 0 aliphatic carbocycles. The Morgan fingerprint density at radius 1 is 1.47 bits per heavy atom. The molecular weight excluding hydrogens is 246 g/mol. The van der Waals surface area contributed by atoms with Gasteiger partial charge in [0, 0.05) is 32.5 Å². The molecule has 3 N–H and O–H groups in total. The molecule has 0 spiro atoms. The van der Waals surface area contributed by atoms with Crippen LogP contribution in [0.15, 0.2) is 18.5 Å². The van der Waals surface area contributed by atoms with Gasteiger partial charge in [-0.15, -0.1) is 0 Å². The van der Waals surface area contributed by atoms with Crippen molar-refractivity contribution in [3.8, 4) is 0 Å². The number of anilines is 1. The Hall–Kier alpha value is -2.15. The molecule has 1 saturated heterocycles. The minimum absolute atomic E-state index is 0.0583. The number of pyridine rings is 1. The molecular formula is C12H17N5O2. The lowest BCUT2D eigenvalue weighted by molar-refractivity contribution is -0.129. The Morgan fingerprint density at radius 2 is 2.26 bits per heavy atom. The molecule has 7 heteroatoms. The van der Waals surface area contributed by atoms with Gasteiger partial charge in [0.25, 0.3) is 5.91 Å². The molecule has 7 nitrogen and oxygen atoms in total. The summed E-state index contributed by atoms with van der Waals surface area (Å²) in [5, 5.41) is 0. The van der Waals surface area contributed by atoms with E-state index in [1.165, 1.54) is 11.1 Å². The summed E-state index contributed by atoms with van der Waals surface area (Å²) in [7, 11) is 1.74. The number of nitrogens with zero attached hydrogens (tertiary/aromatic N) is 3. The average molecular weight is 263 g/mol. The van der Waals surface area contributed by atoms with Crippen LogP contribution < -0.4 is 11.3 Å². The van der Waals surface area contributed by atoms with Crippen LogP contribution in [-0.4, -0.2) is 53.3 Å². The van der Waals surface area contributed by atoms with Crippen LogP contribution in [0.2, 0.25) is 0 Å². The largest absolute Gasteiger partial charge is 0.344 e. The van der Waals surface area contributed by atoms with E-state index in [0.717, 1.165) is 6.42 Å². The van der Waals surface area contributed by atoms with Crippen molar-refractivity contribution in [3.05, 3.63) is 24.0 Å². The normalized spacial score (nSPS) is 16.2. The molecule has 2 heterocycles. The highest BCUT2D eigenvalue weighted by atomic mass is 16.2. The smallest absolute Gasteiger partial charge is 0.258 e. The Bertz CT molecular complexity index is 491. The third-order valence-corrected chi connectivity index (χ3v) is 3.17. The molecule has 102 valence electrons. The summed E-state index contributed by atoms with van der Waals surface area (Å²) in [6, 6.07) is 1.62. The fourth-order valence-corrected chi connectivity index (χ4v) is 2.02. The van der Waals surface area contributed by atoms with E-state index in [1.807, 2.05) is 0 Å². The number of carbonyl (C=O) groups excluding carboxylic acids is 2. The number of rotatable bonds is 2. The van der Waals surface area contributed by atoms with Gasteiger partial charge in [0.15, 0.2) is 0 Å². The van der Waals surface area contributed by atoms with Gasteiger partial charge in [0.1, 0.15) is 6.54 Å².